The second-order valence-electron chi connectivity index (χ2n) is 4.95. The zero-order valence-electron chi connectivity index (χ0n) is 12.1. The summed E-state index contributed by atoms with van der Waals surface area (Å²) >= 11 is 0. The number of benzene rings is 1. The summed E-state index contributed by atoms with van der Waals surface area (Å²) in [7, 11) is -0.787. The predicted octanol–water partition coefficient (Wildman–Crippen LogP) is 0.933. The highest BCUT2D eigenvalue weighted by molar-refractivity contribution is 7.85. The molecule has 1 aromatic rings. The van der Waals surface area contributed by atoms with Crippen molar-refractivity contribution < 1.29 is 14.1 Å². The first kappa shape index (κ1) is 15.7. The van der Waals surface area contributed by atoms with E-state index in [4.69, 9.17) is 5.11 Å². The Morgan fingerprint density at radius 2 is 2.10 bits per heavy atom. The van der Waals surface area contributed by atoms with Gasteiger partial charge in [0.1, 0.15) is 0 Å². The number of amides is 1. The zero-order valence-corrected chi connectivity index (χ0v) is 12.9. The fourth-order valence-corrected chi connectivity index (χ4v) is 3.18. The maximum atomic E-state index is 12.4. The number of hydrogen-bond donors (Lipinski definition) is 1. The largest absolute Gasteiger partial charge is 0.395 e. The highest BCUT2D eigenvalue weighted by Crippen LogP contribution is 2.14. The van der Waals surface area contributed by atoms with Crippen molar-refractivity contribution in [3.63, 3.8) is 0 Å². The van der Waals surface area contributed by atoms with Crippen LogP contribution in [0.25, 0.3) is 0 Å². The lowest BCUT2D eigenvalue weighted by Crippen LogP contribution is -2.41. The first-order chi connectivity index (χ1) is 10.1. The Kier molecular flexibility index (Phi) is 5.54. The molecule has 21 heavy (non-hydrogen) atoms. The average molecular weight is 305 g/mol. The summed E-state index contributed by atoms with van der Waals surface area (Å²) < 4.78 is 11.3. The lowest BCUT2D eigenvalue weighted by atomic mass is 10.0. The highest BCUT2D eigenvalue weighted by atomic mass is 32.2. The van der Waals surface area contributed by atoms with Crippen LogP contribution in [-0.4, -0.2) is 51.3 Å². The van der Waals surface area contributed by atoms with Gasteiger partial charge in [-0.25, -0.2) is 0 Å². The molecular formula is C16H19NO3S. The summed E-state index contributed by atoms with van der Waals surface area (Å²) in [6.07, 6.45) is 0.426. The molecule has 112 valence electrons. The molecule has 0 atom stereocenters. The van der Waals surface area contributed by atoms with Crippen molar-refractivity contribution in [2.75, 3.05) is 31.2 Å². The monoisotopic (exact) mass is 305 g/mol. The van der Waals surface area contributed by atoms with Gasteiger partial charge in [0.05, 0.1) is 6.61 Å². The summed E-state index contributed by atoms with van der Waals surface area (Å²) in [5.74, 6) is 6.95. The molecule has 1 aromatic carbocycles. The zero-order chi connectivity index (χ0) is 15.2. The molecule has 0 aliphatic carbocycles. The smallest absolute Gasteiger partial charge is 0.253 e. The third-order valence-corrected chi connectivity index (χ3v) is 4.69. The molecule has 2 rings (SSSR count). The number of carbonyl (C=O) groups excluding carboxylic acids is 1. The van der Waals surface area contributed by atoms with Crippen LogP contribution in [0.15, 0.2) is 18.2 Å². The first-order valence-corrected chi connectivity index (χ1v) is 8.45. The molecule has 5 heteroatoms. The molecule has 1 aliphatic heterocycles. The molecule has 1 heterocycles. The van der Waals surface area contributed by atoms with E-state index in [0.717, 1.165) is 11.1 Å². The van der Waals surface area contributed by atoms with Crippen molar-refractivity contribution in [2.24, 2.45) is 0 Å². The minimum Gasteiger partial charge on any atom is -0.395 e. The first-order valence-electron chi connectivity index (χ1n) is 6.96. The van der Waals surface area contributed by atoms with Crippen LogP contribution in [0.5, 0.6) is 0 Å². The van der Waals surface area contributed by atoms with Gasteiger partial charge < -0.3 is 10.0 Å². The number of aryl methyl sites for hydroxylation is 1. The van der Waals surface area contributed by atoms with Gasteiger partial charge in [0.15, 0.2) is 0 Å². The van der Waals surface area contributed by atoms with Gasteiger partial charge in [-0.05, 0) is 24.6 Å². The van der Waals surface area contributed by atoms with Crippen LogP contribution in [0.1, 0.15) is 27.9 Å². The molecule has 1 N–H and O–H groups in total. The SMILES string of the molecule is Cc1ccc(C(=O)N2CCS(=O)CC2)cc1C#CCCO. The quantitative estimate of drug-likeness (QED) is 0.827. The number of carbonyl (C=O) groups is 1. The van der Waals surface area contributed by atoms with E-state index in [1.807, 2.05) is 13.0 Å². The van der Waals surface area contributed by atoms with E-state index in [2.05, 4.69) is 11.8 Å². The van der Waals surface area contributed by atoms with Gasteiger partial charge in [-0.3, -0.25) is 9.00 Å². The summed E-state index contributed by atoms with van der Waals surface area (Å²) in [5, 5.41) is 8.76. The molecule has 0 spiro atoms. The Labute approximate surface area is 127 Å². The summed E-state index contributed by atoms with van der Waals surface area (Å²) in [6, 6.07) is 5.49. The maximum absolute atomic E-state index is 12.4. The fourth-order valence-electron chi connectivity index (χ4n) is 2.13. The molecule has 1 amide bonds. The van der Waals surface area contributed by atoms with Crippen molar-refractivity contribution >= 4 is 16.7 Å². The summed E-state index contributed by atoms with van der Waals surface area (Å²) in [6.45, 7) is 3.08. The van der Waals surface area contributed by atoms with Gasteiger partial charge in [0.2, 0.25) is 0 Å². The summed E-state index contributed by atoms with van der Waals surface area (Å²) in [5.41, 5.74) is 2.44. The second kappa shape index (κ2) is 7.39. The number of aliphatic hydroxyl groups excluding tert-OH is 1. The van der Waals surface area contributed by atoms with Crippen LogP contribution in [0, 0.1) is 18.8 Å². The predicted molar refractivity (Wildman–Crippen MR) is 83.5 cm³/mol. The van der Waals surface area contributed by atoms with Gasteiger partial charge in [-0.2, -0.15) is 0 Å². The molecule has 0 aromatic heterocycles. The molecule has 1 saturated heterocycles. The number of aliphatic hydroxyl groups is 1. The van der Waals surface area contributed by atoms with E-state index in [1.54, 1.807) is 17.0 Å². The molecule has 0 bridgehead atoms. The van der Waals surface area contributed by atoms with E-state index in [0.29, 0.717) is 36.6 Å². The minimum atomic E-state index is -0.787. The van der Waals surface area contributed by atoms with Gasteiger partial charge in [0, 0.05) is 52.9 Å². The Balaban J connectivity index is 2.16. The van der Waals surface area contributed by atoms with E-state index < -0.39 is 10.8 Å². The van der Waals surface area contributed by atoms with Crippen molar-refractivity contribution in [1.29, 1.82) is 0 Å². The van der Waals surface area contributed by atoms with Gasteiger partial charge >= 0.3 is 0 Å². The summed E-state index contributed by atoms with van der Waals surface area (Å²) in [4.78, 5) is 14.2. The van der Waals surface area contributed by atoms with E-state index in [1.165, 1.54) is 0 Å². The minimum absolute atomic E-state index is 0.0306. The lowest BCUT2D eigenvalue weighted by molar-refractivity contribution is 0.0771. The molecular weight excluding hydrogens is 286 g/mol. The second-order valence-corrected chi connectivity index (χ2v) is 6.64. The number of hydrogen-bond acceptors (Lipinski definition) is 3. The molecule has 0 unspecified atom stereocenters. The average Bonchev–Trinajstić information content (AvgIpc) is 2.49. The van der Waals surface area contributed by atoms with Crippen LogP contribution < -0.4 is 0 Å². The number of nitrogens with zero attached hydrogens (tertiary/aromatic N) is 1. The Bertz CT molecular complexity index is 606. The van der Waals surface area contributed by atoms with Gasteiger partial charge in [0.25, 0.3) is 5.91 Å². The molecule has 4 nitrogen and oxygen atoms in total. The molecule has 1 fully saturated rings. The topological polar surface area (TPSA) is 57.6 Å². The van der Waals surface area contributed by atoms with Crippen molar-refractivity contribution in [3.8, 4) is 11.8 Å². The normalized spacial score (nSPS) is 15.4. The van der Waals surface area contributed by atoms with Crippen LogP contribution in [0.2, 0.25) is 0 Å². The van der Waals surface area contributed by atoms with Crippen LogP contribution in [0.4, 0.5) is 0 Å². The third-order valence-electron chi connectivity index (χ3n) is 3.41. The molecule has 1 aliphatic rings. The van der Waals surface area contributed by atoms with Crippen LogP contribution >= 0.6 is 0 Å². The van der Waals surface area contributed by atoms with Gasteiger partial charge in [-0.1, -0.05) is 17.9 Å². The van der Waals surface area contributed by atoms with Crippen molar-refractivity contribution in [2.45, 2.75) is 13.3 Å². The fraction of sp³-hybridized carbons (Fsp3) is 0.438. The van der Waals surface area contributed by atoms with E-state index in [-0.39, 0.29) is 12.5 Å². The number of rotatable bonds is 2. The van der Waals surface area contributed by atoms with Crippen LogP contribution in [0.3, 0.4) is 0 Å². The van der Waals surface area contributed by atoms with Crippen LogP contribution in [-0.2, 0) is 10.8 Å². The third kappa shape index (κ3) is 4.16. The van der Waals surface area contributed by atoms with Gasteiger partial charge in [-0.15, -0.1) is 0 Å². The maximum Gasteiger partial charge on any atom is 0.253 e. The standard InChI is InChI=1S/C16H19NO3S/c1-13-5-6-15(12-14(13)4-2-3-9-18)16(19)17-7-10-21(20)11-8-17/h5-6,12,18H,3,7-11H2,1H3. The Hall–Kier alpha value is -1.64. The lowest BCUT2D eigenvalue weighted by Gasteiger charge is -2.26. The molecule has 0 saturated carbocycles. The Morgan fingerprint density at radius 1 is 1.38 bits per heavy atom. The van der Waals surface area contributed by atoms with Crippen molar-refractivity contribution in [1.82, 2.24) is 4.90 Å². The highest BCUT2D eigenvalue weighted by Gasteiger charge is 2.21. The Morgan fingerprint density at radius 3 is 2.76 bits per heavy atom. The van der Waals surface area contributed by atoms with E-state index in [9.17, 15) is 9.00 Å². The van der Waals surface area contributed by atoms with Crippen molar-refractivity contribution in [3.05, 3.63) is 34.9 Å². The molecule has 0 radical (unpaired) electrons. The van der Waals surface area contributed by atoms with E-state index >= 15 is 0 Å².